The normalized spacial score (nSPS) is 10.6. The third kappa shape index (κ3) is 7.51. The fraction of sp³-hybridized carbons (Fsp3) is 0.182. The number of hydrogen-bond donors (Lipinski definition) is 0. The molecule has 0 heterocycles. The molecule has 0 aliphatic heterocycles. The van der Waals surface area contributed by atoms with E-state index in [1.165, 1.54) is 67.6 Å². The van der Waals surface area contributed by atoms with Crippen LogP contribution in [0.25, 0.3) is 11.1 Å². The highest BCUT2D eigenvalue weighted by molar-refractivity contribution is 6.34. The lowest BCUT2D eigenvalue weighted by molar-refractivity contribution is 0.0730. The third-order valence-electron chi connectivity index (χ3n) is 6.37. The minimum absolute atomic E-state index is 0.0548. The number of esters is 2. The summed E-state index contributed by atoms with van der Waals surface area (Å²) in [5.41, 5.74) is 4.14. The molecule has 0 aliphatic rings. The molecule has 0 bridgehead atoms. The van der Waals surface area contributed by atoms with Crippen LogP contribution in [0, 0.1) is 11.3 Å². The Morgan fingerprint density at radius 2 is 1.32 bits per heavy atom. The van der Waals surface area contributed by atoms with E-state index in [1.54, 1.807) is 12.1 Å². The number of nitrogens with zero attached hydrogens (tertiary/aromatic N) is 1. The third-order valence-corrected chi connectivity index (χ3v) is 6.99. The van der Waals surface area contributed by atoms with Gasteiger partial charge in [-0.05, 0) is 65.9 Å². The Balaban J connectivity index is 1.36. The molecule has 0 saturated heterocycles. The molecular formula is C33H27Cl2NO4. The van der Waals surface area contributed by atoms with Crippen LogP contribution < -0.4 is 9.47 Å². The highest BCUT2D eigenvalue weighted by Crippen LogP contribution is 2.27. The van der Waals surface area contributed by atoms with E-state index >= 15 is 0 Å². The second-order valence-corrected chi connectivity index (χ2v) is 10.1. The molecule has 40 heavy (non-hydrogen) atoms. The molecule has 4 rings (SSSR count). The van der Waals surface area contributed by atoms with E-state index in [2.05, 4.69) is 31.2 Å². The molecule has 7 heteroatoms. The fourth-order valence-electron chi connectivity index (χ4n) is 4.12. The number of unbranched alkanes of at least 4 members (excludes halogenated alkanes) is 3. The molecule has 0 fully saturated rings. The smallest absolute Gasteiger partial charge is 0.345 e. The maximum atomic E-state index is 12.7. The maximum Gasteiger partial charge on any atom is 0.345 e. The topological polar surface area (TPSA) is 76.4 Å². The van der Waals surface area contributed by atoms with Crippen molar-refractivity contribution in [3.63, 3.8) is 0 Å². The molecule has 0 N–H and O–H groups in total. The van der Waals surface area contributed by atoms with Crippen LogP contribution in [0.15, 0.2) is 84.9 Å². The summed E-state index contributed by atoms with van der Waals surface area (Å²) in [6.45, 7) is 2.21. The van der Waals surface area contributed by atoms with Crippen LogP contribution in [-0.4, -0.2) is 11.9 Å². The summed E-state index contributed by atoms with van der Waals surface area (Å²) in [4.78, 5) is 25.3. The van der Waals surface area contributed by atoms with Crippen molar-refractivity contribution < 1.29 is 19.1 Å². The van der Waals surface area contributed by atoms with Gasteiger partial charge in [0.2, 0.25) is 0 Å². The summed E-state index contributed by atoms with van der Waals surface area (Å²) in [6.07, 6.45) is 6.06. The predicted octanol–water partition coefficient (Wildman–Crippen LogP) is 9.09. The summed E-state index contributed by atoms with van der Waals surface area (Å²) in [7, 11) is 0. The number of ether oxygens (including phenoxy) is 2. The number of carbonyl (C=O) groups is 2. The molecule has 0 aromatic heterocycles. The van der Waals surface area contributed by atoms with Crippen LogP contribution in [0.3, 0.4) is 0 Å². The maximum absolute atomic E-state index is 12.7. The van der Waals surface area contributed by atoms with Crippen LogP contribution in [-0.2, 0) is 6.42 Å². The lowest BCUT2D eigenvalue weighted by Gasteiger charge is -2.09. The van der Waals surface area contributed by atoms with Crippen molar-refractivity contribution in [2.75, 3.05) is 0 Å². The van der Waals surface area contributed by atoms with Crippen molar-refractivity contribution in [1.82, 2.24) is 0 Å². The second-order valence-electron chi connectivity index (χ2n) is 9.26. The van der Waals surface area contributed by atoms with Crippen molar-refractivity contribution >= 4 is 35.1 Å². The highest BCUT2D eigenvalue weighted by Gasteiger charge is 2.16. The van der Waals surface area contributed by atoms with Crippen LogP contribution in [0.2, 0.25) is 10.0 Å². The van der Waals surface area contributed by atoms with Gasteiger partial charge in [-0.2, -0.15) is 5.26 Å². The number of carbonyl (C=O) groups excluding carboxylic acids is 2. The Labute approximate surface area is 243 Å². The molecule has 4 aromatic carbocycles. The molecule has 0 unspecified atom stereocenters. The van der Waals surface area contributed by atoms with E-state index in [0.29, 0.717) is 5.56 Å². The van der Waals surface area contributed by atoms with Crippen molar-refractivity contribution in [1.29, 1.82) is 5.26 Å². The van der Waals surface area contributed by atoms with Gasteiger partial charge in [-0.25, -0.2) is 9.59 Å². The average molecular weight is 572 g/mol. The molecule has 202 valence electrons. The Kier molecular flexibility index (Phi) is 9.96. The number of benzene rings is 4. The number of aryl methyl sites for hydroxylation is 1. The van der Waals surface area contributed by atoms with Gasteiger partial charge < -0.3 is 9.47 Å². The Morgan fingerprint density at radius 1 is 0.725 bits per heavy atom. The van der Waals surface area contributed by atoms with Gasteiger partial charge in [0.15, 0.2) is 0 Å². The van der Waals surface area contributed by atoms with Crippen LogP contribution >= 0.6 is 23.2 Å². The zero-order valence-electron chi connectivity index (χ0n) is 22.0. The molecule has 4 aromatic rings. The van der Waals surface area contributed by atoms with E-state index in [1.807, 2.05) is 18.2 Å². The van der Waals surface area contributed by atoms with E-state index < -0.39 is 11.9 Å². The first-order valence-corrected chi connectivity index (χ1v) is 13.8. The molecular weight excluding hydrogens is 545 g/mol. The van der Waals surface area contributed by atoms with Gasteiger partial charge in [0.1, 0.15) is 17.6 Å². The molecule has 0 spiro atoms. The van der Waals surface area contributed by atoms with E-state index in [0.717, 1.165) is 17.5 Å². The first-order valence-electron chi connectivity index (χ1n) is 13.0. The van der Waals surface area contributed by atoms with Gasteiger partial charge in [-0.3, -0.25) is 0 Å². The molecule has 0 amide bonds. The van der Waals surface area contributed by atoms with Gasteiger partial charge >= 0.3 is 11.9 Å². The minimum atomic E-state index is -0.719. The fourth-order valence-corrected chi connectivity index (χ4v) is 4.58. The molecule has 5 nitrogen and oxygen atoms in total. The van der Waals surface area contributed by atoms with Gasteiger partial charge in [0.05, 0.1) is 26.7 Å². The van der Waals surface area contributed by atoms with Gasteiger partial charge in [-0.1, -0.05) is 85.8 Å². The van der Waals surface area contributed by atoms with Gasteiger partial charge in [-0.15, -0.1) is 0 Å². The second kappa shape index (κ2) is 13.8. The van der Waals surface area contributed by atoms with Crippen molar-refractivity contribution in [3.8, 4) is 28.7 Å². The number of nitriles is 1. The molecule has 0 saturated carbocycles. The van der Waals surface area contributed by atoms with Gasteiger partial charge in [0, 0.05) is 12.1 Å². The number of hydrogen-bond acceptors (Lipinski definition) is 5. The molecule has 0 aliphatic carbocycles. The Morgan fingerprint density at radius 3 is 1.93 bits per heavy atom. The van der Waals surface area contributed by atoms with Gasteiger partial charge in [0.25, 0.3) is 0 Å². The SMILES string of the molecule is CCCCCCc1ccc(-c2ccc(C(=O)Oc3ccc(C(=O)Oc4ccc(C#N)c(Cl)c4)c(Cl)c3)cc2)cc1. The average Bonchev–Trinajstić information content (AvgIpc) is 2.96. The first kappa shape index (κ1) is 28.9. The molecule has 0 radical (unpaired) electrons. The van der Waals surface area contributed by atoms with E-state index in [9.17, 15) is 9.59 Å². The summed E-state index contributed by atoms with van der Waals surface area (Å²) in [5.74, 6) is -0.912. The highest BCUT2D eigenvalue weighted by atomic mass is 35.5. The summed E-state index contributed by atoms with van der Waals surface area (Å²) < 4.78 is 10.8. The Bertz CT molecular complexity index is 1540. The Hall–Kier alpha value is -4.11. The largest absolute Gasteiger partial charge is 0.423 e. The summed E-state index contributed by atoms with van der Waals surface area (Å²) in [5, 5.41) is 9.19. The van der Waals surface area contributed by atoms with Crippen molar-refractivity contribution in [3.05, 3.63) is 117 Å². The number of rotatable bonds is 10. The quantitative estimate of drug-likeness (QED) is 0.108. The van der Waals surface area contributed by atoms with Crippen molar-refractivity contribution in [2.45, 2.75) is 39.0 Å². The number of halogens is 2. The monoisotopic (exact) mass is 571 g/mol. The zero-order valence-corrected chi connectivity index (χ0v) is 23.5. The van der Waals surface area contributed by atoms with Crippen molar-refractivity contribution in [2.24, 2.45) is 0 Å². The van der Waals surface area contributed by atoms with Crippen LogP contribution in [0.1, 0.15) is 64.4 Å². The standard InChI is InChI=1S/C33H27Cl2NO4/c1-2-3-4-5-6-22-7-9-23(10-8-22)24-11-13-25(14-12-24)32(37)39-28-17-18-29(31(35)20-28)33(38)40-27-16-15-26(21-36)30(34)19-27/h7-20H,2-6H2,1H3. The zero-order chi connectivity index (χ0) is 28.5. The van der Waals surface area contributed by atoms with E-state index in [-0.39, 0.29) is 32.7 Å². The van der Waals surface area contributed by atoms with Crippen LogP contribution in [0.5, 0.6) is 11.5 Å². The minimum Gasteiger partial charge on any atom is -0.423 e. The lowest BCUT2D eigenvalue weighted by Crippen LogP contribution is -2.11. The predicted molar refractivity (Wildman–Crippen MR) is 157 cm³/mol. The summed E-state index contributed by atoms with van der Waals surface area (Å²) in [6, 6.07) is 26.2. The van der Waals surface area contributed by atoms with E-state index in [4.69, 9.17) is 37.9 Å². The van der Waals surface area contributed by atoms with Crippen LogP contribution in [0.4, 0.5) is 0 Å². The lowest BCUT2D eigenvalue weighted by atomic mass is 10.0. The first-order chi connectivity index (χ1) is 19.4. The summed E-state index contributed by atoms with van der Waals surface area (Å²) >= 11 is 12.3. The molecule has 0 atom stereocenters.